The van der Waals surface area contributed by atoms with Crippen molar-refractivity contribution in [2.45, 2.75) is 25.4 Å². The van der Waals surface area contributed by atoms with Gasteiger partial charge in [0.05, 0.1) is 19.7 Å². The van der Waals surface area contributed by atoms with Crippen LogP contribution in [0.1, 0.15) is 31.1 Å². The topological polar surface area (TPSA) is 84.6 Å². The second-order valence-corrected chi connectivity index (χ2v) is 5.86. The summed E-state index contributed by atoms with van der Waals surface area (Å²) < 4.78 is 5.73. The number of ether oxygens (including phenoxy) is 1. The maximum absolute atomic E-state index is 12.5. The summed E-state index contributed by atoms with van der Waals surface area (Å²) in [5, 5.41) is 0. The molecule has 0 saturated carbocycles. The number of carbonyl (C=O) groups excluding carboxylic acids is 1. The molecular formula is C15H23N5O2. The molecule has 2 aliphatic heterocycles. The van der Waals surface area contributed by atoms with Crippen molar-refractivity contribution >= 4 is 11.7 Å². The lowest BCUT2D eigenvalue weighted by molar-refractivity contribution is -0.140. The van der Waals surface area contributed by atoms with Crippen molar-refractivity contribution in [3.05, 3.63) is 18.1 Å². The van der Waals surface area contributed by atoms with Crippen molar-refractivity contribution in [2.24, 2.45) is 0 Å². The van der Waals surface area contributed by atoms with Crippen LogP contribution in [0.2, 0.25) is 0 Å². The van der Waals surface area contributed by atoms with Gasteiger partial charge in [-0.05, 0) is 25.9 Å². The van der Waals surface area contributed by atoms with Crippen LogP contribution in [-0.4, -0.2) is 65.0 Å². The molecule has 2 aliphatic rings. The van der Waals surface area contributed by atoms with E-state index in [1.165, 1.54) is 19.3 Å². The average Bonchev–Trinajstić information content (AvgIpc) is 2.56. The van der Waals surface area contributed by atoms with Crippen LogP contribution in [-0.2, 0) is 9.53 Å². The molecule has 2 N–H and O–H groups in total. The highest BCUT2D eigenvalue weighted by Gasteiger charge is 2.28. The predicted octanol–water partition coefficient (Wildman–Crippen LogP) is 0.445. The van der Waals surface area contributed by atoms with Crippen molar-refractivity contribution in [2.75, 3.05) is 45.1 Å². The predicted molar refractivity (Wildman–Crippen MR) is 82.0 cm³/mol. The van der Waals surface area contributed by atoms with E-state index in [1.54, 1.807) is 12.4 Å². The molecule has 1 atom stereocenters. The molecule has 1 aromatic rings. The van der Waals surface area contributed by atoms with Crippen LogP contribution in [0.3, 0.4) is 0 Å². The number of rotatable bonds is 3. The van der Waals surface area contributed by atoms with E-state index < -0.39 is 0 Å². The van der Waals surface area contributed by atoms with Gasteiger partial charge < -0.3 is 15.4 Å². The summed E-state index contributed by atoms with van der Waals surface area (Å²) in [5.41, 5.74) is 6.48. The Hall–Kier alpha value is -1.73. The fourth-order valence-electron chi connectivity index (χ4n) is 3.06. The number of carbonyl (C=O) groups is 1. The first kappa shape index (κ1) is 15.2. The van der Waals surface area contributed by atoms with Crippen molar-refractivity contribution in [1.82, 2.24) is 19.8 Å². The Balaban J connectivity index is 1.60. The van der Waals surface area contributed by atoms with Gasteiger partial charge >= 0.3 is 0 Å². The maximum atomic E-state index is 12.5. The van der Waals surface area contributed by atoms with E-state index in [1.807, 2.05) is 4.90 Å². The highest BCUT2D eigenvalue weighted by Crippen LogP contribution is 2.23. The fourth-order valence-corrected chi connectivity index (χ4v) is 3.06. The van der Waals surface area contributed by atoms with Gasteiger partial charge in [-0.25, -0.2) is 4.98 Å². The molecule has 0 aromatic carbocycles. The molecule has 0 radical (unpaired) electrons. The first-order valence-electron chi connectivity index (χ1n) is 7.92. The lowest BCUT2D eigenvalue weighted by atomic mass is 10.1. The van der Waals surface area contributed by atoms with Gasteiger partial charge in [0.2, 0.25) is 5.91 Å². The zero-order valence-corrected chi connectivity index (χ0v) is 12.8. The number of amides is 1. The van der Waals surface area contributed by atoms with Gasteiger partial charge in [0, 0.05) is 18.9 Å². The molecule has 0 aliphatic carbocycles. The lowest BCUT2D eigenvalue weighted by Crippen LogP contribution is -2.47. The highest BCUT2D eigenvalue weighted by atomic mass is 16.5. The van der Waals surface area contributed by atoms with E-state index in [0.29, 0.717) is 37.8 Å². The van der Waals surface area contributed by atoms with Crippen LogP contribution in [0, 0.1) is 0 Å². The number of piperidine rings is 1. The smallest absolute Gasteiger partial charge is 0.236 e. The first-order chi connectivity index (χ1) is 10.7. The number of hydrogen-bond donors (Lipinski definition) is 1. The Kier molecular flexibility index (Phi) is 4.84. The number of hydrogen-bond acceptors (Lipinski definition) is 6. The summed E-state index contributed by atoms with van der Waals surface area (Å²) >= 11 is 0. The number of nitrogens with two attached hydrogens (primary N) is 1. The molecular weight excluding hydrogens is 282 g/mol. The number of nitrogens with zero attached hydrogens (tertiary/aromatic N) is 4. The Bertz CT molecular complexity index is 518. The number of aromatic nitrogens is 2. The van der Waals surface area contributed by atoms with Gasteiger partial charge in [-0.2, -0.15) is 0 Å². The van der Waals surface area contributed by atoms with Gasteiger partial charge in [0.25, 0.3) is 0 Å². The standard InChI is InChI=1S/C15H23N5O2/c16-15-14(17-4-5-18-15)12-10-20(8-9-22-12)13(21)11-19-6-2-1-3-7-19/h4-5,12H,1-3,6-11H2,(H2,16,18)/t12-/m0/s1. The number of likely N-dealkylation sites (tertiary alicyclic amines) is 1. The van der Waals surface area contributed by atoms with E-state index in [2.05, 4.69) is 14.9 Å². The minimum Gasteiger partial charge on any atom is -0.382 e. The summed E-state index contributed by atoms with van der Waals surface area (Å²) in [6.45, 7) is 4.18. The fraction of sp³-hybridized carbons (Fsp3) is 0.667. The minimum absolute atomic E-state index is 0.165. The van der Waals surface area contributed by atoms with Crippen molar-refractivity contribution in [1.29, 1.82) is 0 Å². The Labute approximate surface area is 130 Å². The normalized spacial score (nSPS) is 23.5. The molecule has 0 unspecified atom stereocenters. The highest BCUT2D eigenvalue weighted by molar-refractivity contribution is 5.78. The summed E-state index contributed by atoms with van der Waals surface area (Å²) in [4.78, 5) is 24.9. The molecule has 3 heterocycles. The second-order valence-electron chi connectivity index (χ2n) is 5.86. The third kappa shape index (κ3) is 3.53. The molecule has 2 fully saturated rings. The van der Waals surface area contributed by atoms with Crippen LogP contribution >= 0.6 is 0 Å². The second kappa shape index (κ2) is 7.02. The molecule has 0 spiro atoms. The molecule has 1 aromatic heterocycles. The number of nitrogen functional groups attached to an aromatic ring is 1. The van der Waals surface area contributed by atoms with Gasteiger partial charge in [0.1, 0.15) is 17.6 Å². The Morgan fingerprint density at radius 3 is 2.77 bits per heavy atom. The molecule has 120 valence electrons. The number of morpholine rings is 1. The van der Waals surface area contributed by atoms with E-state index in [9.17, 15) is 4.79 Å². The number of anilines is 1. The quantitative estimate of drug-likeness (QED) is 0.872. The molecule has 0 bridgehead atoms. The summed E-state index contributed by atoms with van der Waals surface area (Å²) in [7, 11) is 0. The van der Waals surface area contributed by atoms with Crippen LogP contribution < -0.4 is 5.73 Å². The van der Waals surface area contributed by atoms with Crippen molar-refractivity contribution in [3.63, 3.8) is 0 Å². The van der Waals surface area contributed by atoms with Gasteiger partial charge in [-0.1, -0.05) is 6.42 Å². The van der Waals surface area contributed by atoms with E-state index >= 15 is 0 Å². The zero-order chi connectivity index (χ0) is 15.4. The van der Waals surface area contributed by atoms with Gasteiger partial charge in [-0.15, -0.1) is 0 Å². The van der Waals surface area contributed by atoms with Crippen LogP contribution in [0.4, 0.5) is 5.82 Å². The third-order valence-corrected chi connectivity index (χ3v) is 4.29. The first-order valence-corrected chi connectivity index (χ1v) is 7.92. The van der Waals surface area contributed by atoms with E-state index in [-0.39, 0.29) is 12.0 Å². The largest absolute Gasteiger partial charge is 0.382 e. The average molecular weight is 305 g/mol. The Morgan fingerprint density at radius 2 is 2.00 bits per heavy atom. The molecule has 2 saturated heterocycles. The summed E-state index contributed by atoms with van der Waals surface area (Å²) in [6, 6.07) is 0. The van der Waals surface area contributed by atoms with Crippen LogP contribution in [0.25, 0.3) is 0 Å². The van der Waals surface area contributed by atoms with E-state index in [4.69, 9.17) is 10.5 Å². The Morgan fingerprint density at radius 1 is 1.23 bits per heavy atom. The van der Waals surface area contributed by atoms with Crippen LogP contribution in [0.5, 0.6) is 0 Å². The molecule has 7 nitrogen and oxygen atoms in total. The molecule has 1 amide bonds. The molecule has 22 heavy (non-hydrogen) atoms. The van der Waals surface area contributed by atoms with Gasteiger partial charge in [-0.3, -0.25) is 14.7 Å². The van der Waals surface area contributed by atoms with Gasteiger partial charge in [0.15, 0.2) is 0 Å². The van der Waals surface area contributed by atoms with Crippen molar-refractivity contribution < 1.29 is 9.53 Å². The SMILES string of the molecule is Nc1nccnc1[C@@H]1CN(C(=O)CN2CCCCC2)CCO1. The lowest BCUT2D eigenvalue weighted by Gasteiger charge is -2.35. The van der Waals surface area contributed by atoms with E-state index in [0.717, 1.165) is 13.1 Å². The monoisotopic (exact) mass is 305 g/mol. The third-order valence-electron chi connectivity index (χ3n) is 4.29. The molecule has 7 heteroatoms. The summed E-state index contributed by atoms with van der Waals surface area (Å²) in [5.74, 6) is 0.537. The zero-order valence-electron chi connectivity index (χ0n) is 12.8. The van der Waals surface area contributed by atoms with Crippen LogP contribution in [0.15, 0.2) is 12.4 Å². The minimum atomic E-state index is -0.284. The maximum Gasteiger partial charge on any atom is 0.236 e. The molecule has 3 rings (SSSR count). The summed E-state index contributed by atoms with van der Waals surface area (Å²) in [6.07, 6.45) is 6.53. The van der Waals surface area contributed by atoms with Crippen molar-refractivity contribution in [3.8, 4) is 0 Å².